The molecule has 0 bridgehead atoms. The van der Waals surface area contributed by atoms with E-state index in [0.29, 0.717) is 16.5 Å². The van der Waals surface area contributed by atoms with Crippen LogP contribution in [0.1, 0.15) is 0 Å². The largest absolute Gasteiger partial charge is 0.478 e. The van der Waals surface area contributed by atoms with Crippen molar-refractivity contribution >= 4 is 22.6 Å². The van der Waals surface area contributed by atoms with E-state index in [-0.39, 0.29) is 0 Å². The minimum Gasteiger partial charge on any atom is -0.478 e. The molecule has 2 rings (SSSR count). The van der Waals surface area contributed by atoms with Crippen LogP contribution in [0.15, 0.2) is 22.7 Å². The lowest BCUT2D eigenvalue weighted by Crippen LogP contribution is -1.80. The number of methoxy groups -OCH3 is 1. The van der Waals surface area contributed by atoms with Gasteiger partial charge in [-0.3, -0.25) is 0 Å². The second-order valence-electron chi connectivity index (χ2n) is 2.33. The summed E-state index contributed by atoms with van der Waals surface area (Å²) in [6, 6.07) is 5.28. The zero-order valence-electron chi connectivity index (χ0n) is 6.37. The van der Waals surface area contributed by atoms with Crippen molar-refractivity contribution in [2.24, 2.45) is 0 Å². The van der Waals surface area contributed by atoms with E-state index in [1.54, 1.807) is 19.2 Å². The second kappa shape index (κ2) is 2.68. The third kappa shape index (κ3) is 1.02. The predicted octanol–water partition coefficient (Wildman–Crippen LogP) is 2.49. The molecule has 3 nitrogen and oxygen atoms in total. The summed E-state index contributed by atoms with van der Waals surface area (Å²) in [7, 11) is 1.55. The van der Waals surface area contributed by atoms with Crippen LogP contribution in [0.25, 0.3) is 11.0 Å². The van der Waals surface area contributed by atoms with Gasteiger partial charge in [-0.15, -0.1) is 0 Å². The number of hydrogen-bond donors (Lipinski definition) is 0. The zero-order valence-corrected chi connectivity index (χ0v) is 7.13. The number of hydrogen-bond acceptors (Lipinski definition) is 3. The van der Waals surface area contributed by atoms with Gasteiger partial charge in [0.15, 0.2) is 5.58 Å². The quantitative estimate of drug-likeness (QED) is 0.682. The van der Waals surface area contributed by atoms with Gasteiger partial charge in [0.25, 0.3) is 5.88 Å². The van der Waals surface area contributed by atoms with E-state index in [9.17, 15) is 0 Å². The normalized spacial score (nSPS) is 10.5. The van der Waals surface area contributed by atoms with Crippen LogP contribution in [0.4, 0.5) is 0 Å². The third-order valence-corrected chi connectivity index (χ3v) is 1.83. The van der Waals surface area contributed by atoms with E-state index in [1.807, 2.05) is 6.07 Å². The van der Waals surface area contributed by atoms with Crippen LogP contribution >= 0.6 is 11.6 Å². The lowest BCUT2D eigenvalue weighted by atomic mass is 10.3. The fourth-order valence-corrected chi connectivity index (χ4v) is 1.20. The summed E-state index contributed by atoms with van der Waals surface area (Å²) in [5.74, 6) is 0.488. The van der Waals surface area contributed by atoms with Crippen molar-refractivity contribution in [3.8, 4) is 5.88 Å². The molecule has 0 saturated heterocycles. The third-order valence-electron chi connectivity index (χ3n) is 1.59. The Morgan fingerprint density at radius 2 is 2.33 bits per heavy atom. The molecule has 0 aliphatic rings. The Morgan fingerprint density at radius 1 is 1.50 bits per heavy atom. The number of benzene rings is 1. The van der Waals surface area contributed by atoms with E-state index in [4.69, 9.17) is 20.9 Å². The fraction of sp³-hybridized carbons (Fsp3) is 0.125. The molecule has 2 aromatic rings. The average Bonchev–Trinajstić information content (AvgIpc) is 2.46. The van der Waals surface area contributed by atoms with Crippen LogP contribution < -0.4 is 4.74 Å². The fourth-order valence-electron chi connectivity index (χ4n) is 1.04. The predicted molar refractivity (Wildman–Crippen MR) is 45.6 cm³/mol. The first-order valence-corrected chi connectivity index (χ1v) is 3.78. The van der Waals surface area contributed by atoms with Gasteiger partial charge in [0.1, 0.15) is 0 Å². The van der Waals surface area contributed by atoms with Crippen LogP contribution in [-0.2, 0) is 0 Å². The lowest BCUT2D eigenvalue weighted by molar-refractivity contribution is 0.350. The number of fused-ring (bicyclic) bond motifs is 1. The molecule has 0 spiro atoms. The highest BCUT2D eigenvalue weighted by atomic mass is 35.5. The Bertz CT molecular complexity index is 410. The topological polar surface area (TPSA) is 35.3 Å². The second-order valence-corrected chi connectivity index (χ2v) is 2.77. The molecule has 0 atom stereocenters. The Kier molecular flexibility index (Phi) is 1.66. The maximum absolute atomic E-state index is 5.74. The molecule has 0 amide bonds. The molecule has 62 valence electrons. The van der Waals surface area contributed by atoms with E-state index in [1.165, 1.54) is 0 Å². The molecule has 0 radical (unpaired) electrons. The highest BCUT2D eigenvalue weighted by Gasteiger charge is 2.07. The van der Waals surface area contributed by atoms with Gasteiger partial charge in [0.2, 0.25) is 0 Å². The van der Waals surface area contributed by atoms with E-state index >= 15 is 0 Å². The highest BCUT2D eigenvalue weighted by molar-refractivity contribution is 6.31. The number of ether oxygens (including phenoxy) is 1. The summed E-state index contributed by atoms with van der Waals surface area (Å²) >= 11 is 5.74. The van der Waals surface area contributed by atoms with Crippen LogP contribution in [0, 0.1) is 0 Å². The molecular weight excluding hydrogens is 178 g/mol. The first-order valence-electron chi connectivity index (χ1n) is 3.40. The molecule has 0 aliphatic heterocycles. The molecule has 0 N–H and O–H groups in total. The molecule has 0 saturated carbocycles. The standard InChI is InChI=1S/C8H6ClNO2/c1-11-8-6-3-2-5(9)4-7(6)12-10-8/h2-4H,1H3. The first-order chi connectivity index (χ1) is 5.81. The Balaban J connectivity index is 2.73. The highest BCUT2D eigenvalue weighted by Crippen LogP contribution is 2.26. The minimum absolute atomic E-state index is 0.488. The Morgan fingerprint density at radius 3 is 3.08 bits per heavy atom. The molecule has 0 fully saturated rings. The monoisotopic (exact) mass is 183 g/mol. The molecule has 1 heterocycles. The van der Waals surface area contributed by atoms with Crippen molar-refractivity contribution in [2.75, 3.05) is 7.11 Å². The van der Waals surface area contributed by atoms with Gasteiger partial charge < -0.3 is 9.26 Å². The van der Waals surface area contributed by atoms with E-state index in [0.717, 1.165) is 5.39 Å². The Hall–Kier alpha value is -1.22. The summed E-state index contributed by atoms with van der Waals surface area (Å²) < 4.78 is 9.92. The molecule has 12 heavy (non-hydrogen) atoms. The molecule has 0 aliphatic carbocycles. The lowest BCUT2D eigenvalue weighted by Gasteiger charge is -1.91. The van der Waals surface area contributed by atoms with Gasteiger partial charge in [-0.25, -0.2) is 0 Å². The van der Waals surface area contributed by atoms with Crippen molar-refractivity contribution < 1.29 is 9.26 Å². The van der Waals surface area contributed by atoms with Crippen LogP contribution in [0.2, 0.25) is 5.02 Å². The number of nitrogens with zero attached hydrogens (tertiary/aromatic N) is 1. The van der Waals surface area contributed by atoms with Gasteiger partial charge in [-0.05, 0) is 17.3 Å². The van der Waals surface area contributed by atoms with Crippen molar-refractivity contribution in [1.82, 2.24) is 5.16 Å². The molecule has 1 aromatic carbocycles. The summed E-state index contributed by atoms with van der Waals surface area (Å²) in [6.45, 7) is 0. The van der Waals surface area contributed by atoms with Crippen molar-refractivity contribution in [1.29, 1.82) is 0 Å². The summed E-state index contributed by atoms with van der Waals surface area (Å²) in [5, 5.41) is 5.16. The summed E-state index contributed by atoms with van der Waals surface area (Å²) in [6.07, 6.45) is 0. The Labute approximate surface area is 73.9 Å². The van der Waals surface area contributed by atoms with Gasteiger partial charge in [-0.2, -0.15) is 0 Å². The molecule has 0 unspecified atom stereocenters. The minimum atomic E-state index is 0.488. The van der Waals surface area contributed by atoms with Gasteiger partial charge in [0, 0.05) is 11.1 Å². The maximum atomic E-state index is 5.74. The van der Waals surface area contributed by atoms with Crippen molar-refractivity contribution in [3.63, 3.8) is 0 Å². The SMILES string of the molecule is COc1noc2cc(Cl)ccc12. The van der Waals surface area contributed by atoms with Crippen molar-refractivity contribution in [2.45, 2.75) is 0 Å². The van der Waals surface area contributed by atoms with Crippen LogP contribution in [0.3, 0.4) is 0 Å². The van der Waals surface area contributed by atoms with Gasteiger partial charge in [0.05, 0.1) is 12.5 Å². The smallest absolute Gasteiger partial charge is 0.261 e. The average molecular weight is 184 g/mol. The summed E-state index contributed by atoms with van der Waals surface area (Å²) in [5.41, 5.74) is 0.638. The maximum Gasteiger partial charge on any atom is 0.261 e. The van der Waals surface area contributed by atoms with E-state index in [2.05, 4.69) is 5.16 Å². The van der Waals surface area contributed by atoms with Crippen LogP contribution in [-0.4, -0.2) is 12.3 Å². The number of halogens is 1. The molecule has 4 heteroatoms. The van der Waals surface area contributed by atoms with Gasteiger partial charge in [-0.1, -0.05) is 11.6 Å². The van der Waals surface area contributed by atoms with Gasteiger partial charge >= 0.3 is 0 Å². The number of aromatic nitrogens is 1. The molecular formula is C8H6ClNO2. The van der Waals surface area contributed by atoms with Crippen molar-refractivity contribution in [3.05, 3.63) is 23.2 Å². The number of rotatable bonds is 1. The van der Waals surface area contributed by atoms with Crippen LogP contribution in [0.5, 0.6) is 5.88 Å². The zero-order chi connectivity index (χ0) is 8.55. The van der Waals surface area contributed by atoms with E-state index < -0.39 is 0 Å². The summed E-state index contributed by atoms with van der Waals surface area (Å²) in [4.78, 5) is 0. The first kappa shape index (κ1) is 7.43. The molecule has 1 aromatic heterocycles.